The first-order valence-corrected chi connectivity index (χ1v) is 8.45. The standard InChI is InChI=1S/C8H14N4O6S2/c1-9-19(15,16)3-2-11-20(17,18)7-4-10-12(5-7)6-8(13)14/h4-5,9,11H,2-3,6H2,1H3,(H,13,14). The molecule has 0 aromatic carbocycles. The van der Waals surface area contributed by atoms with Crippen LogP contribution in [0.1, 0.15) is 0 Å². The van der Waals surface area contributed by atoms with Crippen molar-refractivity contribution >= 4 is 26.0 Å². The average molecular weight is 326 g/mol. The van der Waals surface area contributed by atoms with Gasteiger partial charge in [0, 0.05) is 12.7 Å². The molecular weight excluding hydrogens is 312 g/mol. The molecule has 0 fully saturated rings. The molecule has 0 radical (unpaired) electrons. The number of aromatic nitrogens is 2. The molecule has 0 amide bonds. The van der Waals surface area contributed by atoms with Crippen molar-refractivity contribution in [3.63, 3.8) is 0 Å². The Morgan fingerprint density at radius 2 is 2.05 bits per heavy atom. The monoisotopic (exact) mass is 326 g/mol. The number of carbonyl (C=O) groups is 1. The fourth-order valence-corrected chi connectivity index (χ4v) is 2.89. The second-order valence-corrected chi connectivity index (χ2v) is 7.50. The maximum atomic E-state index is 11.8. The number of hydrogen-bond donors (Lipinski definition) is 3. The average Bonchev–Trinajstić information content (AvgIpc) is 2.77. The van der Waals surface area contributed by atoms with E-state index in [1.54, 1.807) is 0 Å². The van der Waals surface area contributed by atoms with Crippen LogP contribution in [-0.4, -0.2) is 57.0 Å². The molecular formula is C8H14N4O6S2. The van der Waals surface area contributed by atoms with Crippen LogP contribution < -0.4 is 9.44 Å². The van der Waals surface area contributed by atoms with Gasteiger partial charge >= 0.3 is 5.97 Å². The molecule has 10 nitrogen and oxygen atoms in total. The zero-order chi connectivity index (χ0) is 15.4. The molecule has 1 aromatic heterocycles. The molecule has 0 bridgehead atoms. The van der Waals surface area contributed by atoms with Crippen molar-refractivity contribution < 1.29 is 26.7 Å². The van der Waals surface area contributed by atoms with E-state index in [1.807, 2.05) is 4.72 Å². The van der Waals surface area contributed by atoms with Crippen molar-refractivity contribution in [1.29, 1.82) is 0 Å². The van der Waals surface area contributed by atoms with Gasteiger partial charge in [0.25, 0.3) is 0 Å². The summed E-state index contributed by atoms with van der Waals surface area (Å²) in [5.74, 6) is -1.57. The van der Waals surface area contributed by atoms with Gasteiger partial charge in [0.15, 0.2) is 0 Å². The first-order chi connectivity index (χ1) is 9.16. The second kappa shape index (κ2) is 6.30. The van der Waals surface area contributed by atoms with Gasteiger partial charge in [-0.3, -0.25) is 9.48 Å². The van der Waals surface area contributed by atoms with Crippen LogP contribution >= 0.6 is 0 Å². The van der Waals surface area contributed by atoms with Crippen molar-refractivity contribution in [3.05, 3.63) is 12.4 Å². The van der Waals surface area contributed by atoms with Crippen molar-refractivity contribution in [2.45, 2.75) is 11.4 Å². The van der Waals surface area contributed by atoms with Gasteiger partial charge in [0.1, 0.15) is 11.4 Å². The highest BCUT2D eigenvalue weighted by molar-refractivity contribution is 7.90. The van der Waals surface area contributed by atoms with Crippen LogP contribution in [0.5, 0.6) is 0 Å². The summed E-state index contributed by atoms with van der Waals surface area (Å²) < 4.78 is 50.9. The maximum absolute atomic E-state index is 11.8. The molecule has 3 N–H and O–H groups in total. The molecule has 0 aliphatic carbocycles. The molecule has 1 rings (SSSR count). The Kier molecular flexibility index (Phi) is 5.21. The van der Waals surface area contributed by atoms with E-state index in [-0.39, 0.29) is 11.4 Å². The summed E-state index contributed by atoms with van der Waals surface area (Å²) in [6.07, 6.45) is 2.03. The van der Waals surface area contributed by atoms with Gasteiger partial charge in [-0.05, 0) is 7.05 Å². The number of carboxylic acids is 1. The first kappa shape index (κ1) is 16.6. The topological polar surface area (TPSA) is 147 Å². The van der Waals surface area contributed by atoms with Gasteiger partial charge in [0.05, 0.1) is 11.9 Å². The molecule has 12 heteroatoms. The fourth-order valence-electron chi connectivity index (χ4n) is 1.20. The Hall–Kier alpha value is -1.50. The molecule has 20 heavy (non-hydrogen) atoms. The van der Waals surface area contributed by atoms with Crippen molar-refractivity contribution in [3.8, 4) is 0 Å². The highest BCUT2D eigenvalue weighted by Gasteiger charge is 2.18. The lowest BCUT2D eigenvalue weighted by Gasteiger charge is -2.04. The molecule has 0 atom stereocenters. The van der Waals surface area contributed by atoms with E-state index in [1.165, 1.54) is 7.05 Å². The van der Waals surface area contributed by atoms with E-state index in [4.69, 9.17) is 5.11 Å². The Morgan fingerprint density at radius 1 is 1.40 bits per heavy atom. The molecule has 0 spiro atoms. The molecule has 114 valence electrons. The Morgan fingerprint density at radius 3 is 2.60 bits per heavy atom. The quantitative estimate of drug-likeness (QED) is 0.491. The van der Waals surface area contributed by atoms with Gasteiger partial charge in [-0.15, -0.1) is 0 Å². The third-order valence-corrected chi connectivity index (χ3v) is 4.97. The highest BCUT2D eigenvalue weighted by Crippen LogP contribution is 2.06. The smallest absolute Gasteiger partial charge is 0.325 e. The summed E-state index contributed by atoms with van der Waals surface area (Å²) in [6.45, 7) is -0.779. The van der Waals surface area contributed by atoms with Crippen LogP contribution in [0, 0.1) is 0 Å². The minimum Gasteiger partial charge on any atom is -0.480 e. The lowest BCUT2D eigenvalue weighted by Crippen LogP contribution is -2.32. The number of carboxylic acid groups (broad SMARTS) is 1. The molecule has 0 aliphatic rings. The van der Waals surface area contributed by atoms with Gasteiger partial charge in [-0.1, -0.05) is 0 Å². The van der Waals surface area contributed by atoms with Gasteiger partial charge in [-0.25, -0.2) is 26.3 Å². The third-order valence-electron chi connectivity index (χ3n) is 2.19. The van der Waals surface area contributed by atoms with E-state index in [0.717, 1.165) is 17.1 Å². The van der Waals surface area contributed by atoms with Crippen molar-refractivity contribution in [2.75, 3.05) is 19.3 Å². The van der Waals surface area contributed by atoms with Crippen LogP contribution in [0.15, 0.2) is 17.3 Å². The summed E-state index contributed by atoms with van der Waals surface area (Å²) in [4.78, 5) is 10.2. The molecule has 0 saturated carbocycles. The first-order valence-electron chi connectivity index (χ1n) is 5.31. The van der Waals surface area contributed by atoms with E-state index in [9.17, 15) is 21.6 Å². The SMILES string of the molecule is CNS(=O)(=O)CCNS(=O)(=O)c1cnn(CC(=O)O)c1. The van der Waals surface area contributed by atoms with E-state index in [2.05, 4.69) is 9.82 Å². The van der Waals surface area contributed by atoms with E-state index in [0.29, 0.717) is 0 Å². The van der Waals surface area contributed by atoms with Crippen molar-refractivity contribution in [2.24, 2.45) is 0 Å². The molecule has 1 aromatic rings. The normalized spacial score (nSPS) is 12.4. The summed E-state index contributed by atoms with van der Waals surface area (Å²) >= 11 is 0. The number of hydrogen-bond acceptors (Lipinski definition) is 6. The molecule has 0 aliphatic heterocycles. The predicted octanol–water partition coefficient (Wildman–Crippen LogP) is -2.20. The number of rotatable bonds is 8. The van der Waals surface area contributed by atoms with Gasteiger partial charge < -0.3 is 5.11 Å². The fraction of sp³-hybridized carbons (Fsp3) is 0.500. The second-order valence-electron chi connectivity index (χ2n) is 3.69. The third kappa shape index (κ3) is 4.88. The summed E-state index contributed by atoms with van der Waals surface area (Å²) in [6, 6.07) is 0. The maximum Gasteiger partial charge on any atom is 0.325 e. The summed E-state index contributed by atoms with van der Waals surface area (Å²) in [7, 11) is -6.21. The van der Waals surface area contributed by atoms with Crippen LogP contribution in [-0.2, 0) is 31.4 Å². The lowest BCUT2D eigenvalue weighted by atomic mass is 10.6. The van der Waals surface area contributed by atoms with Crippen LogP contribution in [0.2, 0.25) is 0 Å². The van der Waals surface area contributed by atoms with Crippen LogP contribution in [0.3, 0.4) is 0 Å². The summed E-state index contributed by atoms with van der Waals surface area (Å²) in [5.41, 5.74) is 0. The zero-order valence-corrected chi connectivity index (χ0v) is 12.1. The minimum absolute atomic E-state index is 0.236. The predicted molar refractivity (Wildman–Crippen MR) is 67.9 cm³/mol. The Labute approximate surface area is 115 Å². The molecule has 0 saturated heterocycles. The Bertz CT molecular complexity index is 678. The van der Waals surface area contributed by atoms with Crippen molar-refractivity contribution in [1.82, 2.24) is 19.2 Å². The van der Waals surface area contributed by atoms with E-state index >= 15 is 0 Å². The Balaban J connectivity index is 2.69. The molecule has 1 heterocycles. The lowest BCUT2D eigenvalue weighted by molar-refractivity contribution is -0.137. The van der Waals surface area contributed by atoms with E-state index < -0.39 is 38.3 Å². The van der Waals surface area contributed by atoms with Gasteiger partial charge in [-0.2, -0.15) is 5.10 Å². The zero-order valence-electron chi connectivity index (χ0n) is 10.5. The summed E-state index contributed by atoms with van der Waals surface area (Å²) in [5, 5.41) is 12.1. The van der Waals surface area contributed by atoms with Crippen LogP contribution in [0.4, 0.5) is 0 Å². The number of nitrogens with one attached hydrogen (secondary N) is 2. The highest BCUT2D eigenvalue weighted by atomic mass is 32.2. The number of sulfonamides is 2. The molecule has 0 unspecified atom stereocenters. The van der Waals surface area contributed by atoms with Gasteiger partial charge in [0.2, 0.25) is 20.0 Å². The number of nitrogens with zero attached hydrogens (tertiary/aromatic N) is 2. The minimum atomic E-state index is -3.92. The number of aliphatic carboxylic acids is 1. The largest absolute Gasteiger partial charge is 0.480 e. The van der Waals surface area contributed by atoms with Crippen LogP contribution in [0.25, 0.3) is 0 Å².